The van der Waals surface area contributed by atoms with Crippen molar-refractivity contribution >= 4 is 11.6 Å². The van der Waals surface area contributed by atoms with Gasteiger partial charge in [0.15, 0.2) is 5.96 Å². The van der Waals surface area contributed by atoms with Crippen LogP contribution in [0.3, 0.4) is 0 Å². The lowest BCUT2D eigenvalue weighted by molar-refractivity contribution is 0.311. The predicted octanol–water partition coefficient (Wildman–Crippen LogP) is 3.45. The van der Waals surface area contributed by atoms with Gasteiger partial charge in [0, 0.05) is 24.7 Å². The van der Waals surface area contributed by atoms with Crippen LogP contribution < -0.4 is 20.5 Å². The van der Waals surface area contributed by atoms with Crippen LogP contribution in [0.1, 0.15) is 18.9 Å². The maximum absolute atomic E-state index is 5.91. The van der Waals surface area contributed by atoms with Crippen LogP contribution >= 0.6 is 0 Å². The topological polar surface area (TPSA) is 68.9 Å². The normalized spacial score (nSPS) is 11.2. The Labute approximate surface area is 143 Å². The molecule has 0 heterocycles. The van der Waals surface area contributed by atoms with Crippen molar-refractivity contribution in [1.29, 1.82) is 0 Å². The molecule has 128 valence electrons. The maximum Gasteiger partial charge on any atom is 0.193 e. The van der Waals surface area contributed by atoms with E-state index < -0.39 is 0 Å². The molecule has 2 rings (SSSR count). The lowest BCUT2D eigenvalue weighted by Crippen LogP contribution is -2.23. The van der Waals surface area contributed by atoms with Gasteiger partial charge < -0.3 is 20.5 Å². The highest BCUT2D eigenvalue weighted by atomic mass is 16.5. The Balaban J connectivity index is 1.72. The van der Waals surface area contributed by atoms with Crippen LogP contribution in [0.5, 0.6) is 11.5 Å². The molecule has 0 aliphatic carbocycles. The number of aryl methyl sites for hydroxylation is 1. The summed E-state index contributed by atoms with van der Waals surface area (Å²) >= 11 is 0. The zero-order chi connectivity index (χ0) is 17.2. The zero-order valence-electron chi connectivity index (χ0n) is 14.3. The second-order valence-electron chi connectivity index (χ2n) is 5.33. The molecule has 5 nitrogen and oxygen atoms in total. The van der Waals surface area contributed by atoms with Gasteiger partial charge in [0.1, 0.15) is 11.5 Å². The number of anilines is 1. The highest BCUT2D eigenvalue weighted by molar-refractivity contribution is 5.92. The number of benzene rings is 2. The lowest BCUT2D eigenvalue weighted by atomic mass is 10.1. The lowest BCUT2D eigenvalue weighted by Gasteiger charge is -2.08. The first-order chi connectivity index (χ1) is 11.7. The van der Waals surface area contributed by atoms with Crippen molar-refractivity contribution in [2.75, 3.05) is 25.6 Å². The predicted molar refractivity (Wildman–Crippen MR) is 99.0 cm³/mol. The van der Waals surface area contributed by atoms with Crippen LogP contribution in [0.25, 0.3) is 0 Å². The highest BCUT2D eigenvalue weighted by Crippen LogP contribution is 2.18. The zero-order valence-corrected chi connectivity index (χ0v) is 14.3. The van der Waals surface area contributed by atoms with E-state index in [1.807, 2.05) is 36.4 Å². The number of hydrogen-bond donors (Lipinski definition) is 2. The molecule has 0 fully saturated rings. The van der Waals surface area contributed by atoms with Gasteiger partial charge in [-0.1, -0.05) is 25.1 Å². The van der Waals surface area contributed by atoms with Gasteiger partial charge in [-0.2, -0.15) is 0 Å². The largest absolute Gasteiger partial charge is 0.497 e. The molecule has 0 unspecified atom stereocenters. The van der Waals surface area contributed by atoms with E-state index in [1.165, 1.54) is 5.56 Å². The van der Waals surface area contributed by atoms with Gasteiger partial charge in [-0.15, -0.1) is 0 Å². The summed E-state index contributed by atoms with van der Waals surface area (Å²) in [4.78, 5) is 4.32. The number of methoxy groups -OCH3 is 1. The molecule has 0 saturated carbocycles. The quantitative estimate of drug-likeness (QED) is 0.443. The summed E-state index contributed by atoms with van der Waals surface area (Å²) in [5.74, 6) is 2.00. The van der Waals surface area contributed by atoms with E-state index in [1.54, 1.807) is 7.11 Å². The number of hydrogen-bond acceptors (Lipinski definition) is 3. The number of guanidine groups is 1. The van der Waals surface area contributed by atoms with Gasteiger partial charge in [0.2, 0.25) is 0 Å². The van der Waals surface area contributed by atoms with E-state index in [0.717, 1.165) is 30.0 Å². The minimum atomic E-state index is 0.421. The third-order valence-electron chi connectivity index (χ3n) is 3.50. The van der Waals surface area contributed by atoms with Crippen molar-refractivity contribution in [3.63, 3.8) is 0 Å². The summed E-state index contributed by atoms with van der Waals surface area (Å²) in [5, 5.41) is 3.11. The Hall–Kier alpha value is -2.69. The van der Waals surface area contributed by atoms with Gasteiger partial charge in [0.05, 0.1) is 13.7 Å². The van der Waals surface area contributed by atoms with Crippen LogP contribution in [-0.4, -0.2) is 26.2 Å². The molecule has 3 N–H and O–H groups in total. The molecule has 5 heteroatoms. The molecule has 0 atom stereocenters. The Bertz CT molecular complexity index is 671. The smallest absolute Gasteiger partial charge is 0.193 e. The standard InChI is InChI=1S/C19H25N3O2/c1-3-15-7-4-8-16(13-15)22-19(20)21-11-6-12-24-18-10-5-9-17(14-18)23-2/h4-5,7-10,13-14H,3,6,11-12H2,1-2H3,(H3,20,21,22). The Kier molecular flexibility index (Phi) is 6.95. The van der Waals surface area contributed by atoms with Crippen molar-refractivity contribution in [1.82, 2.24) is 0 Å². The van der Waals surface area contributed by atoms with E-state index in [-0.39, 0.29) is 0 Å². The Morgan fingerprint density at radius 3 is 2.71 bits per heavy atom. The van der Waals surface area contributed by atoms with Crippen LogP contribution in [-0.2, 0) is 6.42 Å². The number of nitrogens with two attached hydrogens (primary N) is 1. The molecule has 0 spiro atoms. The fourth-order valence-electron chi connectivity index (χ4n) is 2.20. The summed E-state index contributed by atoms with van der Waals surface area (Å²) in [5.41, 5.74) is 8.13. The van der Waals surface area contributed by atoms with E-state index >= 15 is 0 Å². The fourth-order valence-corrected chi connectivity index (χ4v) is 2.20. The molecule has 0 saturated heterocycles. The van der Waals surface area contributed by atoms with E-state index in [4.69, 9.17) is 15.2 Å². The van der Waals surface area contributed by atoms with Crippen LogP contribution in [0.15, 0.2) is 53.5 Å². The number of ether oxygens (including phenoxy) is 2. The van der Waals surface area contributed by atoms with E-state index in [0.29, 0.717) is 19.1 Å². The fraction of sp³-hybridized carbons (Fsp3) is 0.316. The third-order valence-corrected chi connectivity index (χ3v) is 3.50. The molecule has 0 bridgehead atoms. The summed E-state index contributed by atoms with van der Waals surface area (Å²) in [6, 6.07) is 15.7. The molecular weight excluding hydrogens is 302 g/mol. The van der Waals surface area contributed by atoms with Crippen LogP contribution in [0.4, 0.5) is 5.69 Å². The van der Waals surface area contributed by atoms with Crippen molar-refractivity contribution in [2.24, 2.45) is 10.7 Å². The van der Waals surface area contributed by atoms with Crippen molar-refractivity contribution < 1.29 is 9.47 Å². The second kappa shape index (κ2) is 9.45. The molecule has 0 radical (unpaired) electrons. The number of rotatable bonds is 8. The first kappa shape index (κ1) is 17.7. The van der Waals surface area contributed by atoms with Crippen LogP contribution in [0, 0.1) is 0 Å². The van der Waals surface area contributed by atoms with Gasteiger partial charge in [-0.05, 0) is 36.2 Å². The van der Waals surface area contributed by atoms with Crippen molar-refractivity contribution in [3.8, 4) is 11.5 Å². The van der Waals surface area contributed by atoms with Gasteiger partial charge in [-0.3, -0.25) is 4.99 Å². The minimum absolute atomic E-state index is 0.421. The van der Waals surface area contributed by atoms with Crippen LogP contribution in [0.2, 0.25) is 0 Å². The van der Waals surface area contributed by atoms with Gasteiger partial charge in [0.25, 0.3) is 0 Å². The summed E-state index contributed by atoms with van der Waals surface area (Å²) in [6.07, 6.45) is 1.78. The number of nitrogens with one attached hydrogen (secondary N) is 1. The first-order valence-electron chi connectivity index (χ1n) is 8.14. The molecule has 0 aromatic heterocycles. The summed E-state index contributed by atoms with van der Waals surface area (Å²) in [6.45, 7) is 3.31. The third kappa shape index (κ3) is 5.83. The second-order valence-corrected chi connectivity index (χ2v) is 5.33. The molecule has 24 heavy (non-hydrogen) atoms. The first-order valence-corrected chi connectivity index (χ1v) is 8.14. The summed E-state index contributed by atoms with van der Waals surface area (Å²) in [7, 11) is 1.64. The number of aliphatic imine (C=N–C) groups is 1. The van der Waals surface area contributed by atoms with E-state index in [2.05, 4.69) is 29.4 Å². The van der Waals surface area contributed by atoms with Crippen molar-refractivity contribution in [3.05, 3.63) is 54.1 Å². The Morgan fingerprint density at radius 1 is 1.12 bits per heavy atom. The van der Waals surface area contributed by atoms with Crippen molar-refractivity contribution in [2.45, 2.75) is 19.8 Å². The average Bonchev–Trinajstić information content (AvgIpc) is 2.61. The summed E-state index contributed by atoms with van der Waals surface area (Å²) < 4.78 is 10.8. The highest BCUT2D eigenvalue weighted by Gasteiger charge is 1.98. The van der Waals surface area contributed by atoms with E-state index in [9.17, 15) is 0 Å². The monoisotopic (exact) mass is 327 g/mol. The molecule has 0 aliphatic heterocycles. The molecule has 2 aromatic rings. The molecule has 0 amide bonds. The number of nitrogens with zero attached hydrogens (tertiary/aromatic N) is 1. The molecule has 0 aliphatic rings. The molecule has 2 aromatic carbocycles. The molecular formula is C19H25N3O2. The Morgan fingerprint density at radius 2 is 1.92 bits per heavy atom. The SMILES string of the molecule is CCc1cccc(NC(N)=NCCCOc2cccc(OC)c2)c1. The maximum atomic E-state index is 5.91. The average molecular weight is 327 g/mol. The van der Waals surface area contributed by atoms with Gasteiger partial charge in [-0.25, -0.2) is 0 Å². The minimum Gasteiger partial charge on any atom is -0.497 e. The van der Waals surface area contributed by atoms with Gasteiger partial charge >= 0.3 is 0 Å².